The van der Waals surface area contributed by atoms with Crippen LogP contribution in [0.2, 0.25) is 0 Å². The summed E-state index contributed by atoms with van der Waals surface area (Å²) in [5.74, 6) is 0.489. The topological polar surface area (TPSA) is 48.1 Å². The van der Waals surface area contributed by atoms with Gasteiger partial charge in [0.2, 0.25) is 0 Å². The zero-order valence-corrected chi connectivity index (χ0v) is 6.93. The first-order chi connectivity index (χ1) is 5.36. The molecule has 0 radical (unpaired) electrons. The Bertz CT molecular complexity index is 242. The fourth-order valence-corrected chi connectivity index (χ4v) is 1.90. The Kier molecular flexibility index (Phi) is 1.79. The van der Waals surface area contributed by atoms with Gasteiger partial charge in [-0.2, -0.15) is 0 Å². The maximum atomic E-state index is 5.51. The molecule has 0 aliphatic carbocycles. The minimum Gasteiger partial charge on any atom is -0.381 e. The van der Waals surface area contributed by atoms with Crippen LogP contribution in [0.1, 0.15) is 18.0 Å². The van der Waals surface area contributed by atoms with Crippen molar-refractivity contribution in [3.63, 3.8) is 0 Å². The molecule has 3 nitrogen and oxygen atoms in total. The molecule has 2 N–H and O–H groups in total. The normalized spacial score (nSPS) is 24.2. The van der Waals surface area contributed by atoms with E-state index in [0.717, 1.165) is 25.3 Å². The van der Waals surface area contributed by atoms with E-state index in [-0.39, 0.29) is 0 Å². The third-order valence-corrected chi connectivity index (χ3v) is 2.58. The molecule has 4 heteroatoms. The molecular weight excluding hydrogens is 160 g/mol. The summed E-state index contributed by atoms with van der Waals surface area (Å²) in [6, 6.07) is 0. The Morgan fingerprint density at radius 1 is 1.73 bits per heavy atom. The Morgan fingerprint density at radius 2 is 2.64 bits per heavy atom. The van der Waals surface area contributed by atoms with E-state index >= 15 is 0 Å². The van der Waals surface area contributed by atoms with E-state index in [0.29, 0.717) is 11.0 Å². The smallest absolute Gasteiger partial charge is 0.180 e. The summed E-state index contributed by atoms with van der Waals surface area (Å²) < 4.78 is 5.24. The average Bonchev–Trinajstić information content (AvgIpc) is 2.55. The molecule has 1 atom stereocenters. The van der Waals surface area contributed by atoms with Gasteiger partial charge in [0.05, 0.1) is 12.3 Å². The number of hydrogen-bond acceptors (Lipinski definition) is 4. The second-order valence-electron chi connectivity index (χ2n) is 2.67. The number of nitrogen functional groups attached to an aromatic ring is 1. The van der Waals surface area contributed by atoms with Gasteiger partial charge in [-0.15, -0.1) is 11.3 Å². The summed E-state index contributed by atoms with van der Waals surface area (Å²) in [6.45, 7) is 1.67. The van der Waals surface area contributed by atoms with E-state index in [9.17, 15) is 0 Å². The summed E-state index contributed by atoms with van der Waals surface area (Å²) in [4.78, 5) is 4.21. The summed E-state index contributed by atoms with van der Waals surface area (Å²) in [5, 5.41) is 2.68. The Hall–Kier alpha value is -0.610. The van der Waals surface area contributed by atoms with Gasteiger partial charge in [-0.05, 0) is 6.42 Å². The van der Waals surface area contributed by atoms with E-state index < -0.39 is 0 Å². The molecule has 0 amide bonds. The van der Waals surface area contributed by atoms with Crippen LogP contribution in [0.25, 0.3) is 0 Å². The molecule has 60 valence electrons. The highest BCUT2D eigenvalue weighted by Gasteiger charge is 2.19. The molecule has 0 bridgehead atoms. The van der Waals surface area contributed by atoms with E-state index in [2.05, 4.69) is 4.98 Å². The van der Waals surface area contributed by atoms with Crippen LogP contribution < -0.4 is 5.73 Å². The van der Waals surface area contributed by atoms with E-state index in [1.54, 1.807) is 0 Å². The fourth-order valence-electron chi connectivity index (χ4n) is 1.26. The van der Waals surface area contributed by atoms with Gasteiger partial charge >= 0.3 is 0 Å². The van der Waals surface area contributed by atoms with Crippen molar-refractivity contribution in [2.45, 2.75) is 12.3 Å². The number of anilines is 1. The summed E-state index contributed by atoms with van der Waals surface area (Å²) in [5.41, 5.74) is 6.61. The first-order valence-electron chi connectivity index (χ1n) is 3.65. The van der Waals surface area contributed by atoms with Crippen molar-refractivity contribution in [2.24, 2.45) is 0 Å². The van der Waals surface area contributed by atoms with Crippen LogP contribution in [0.3, 0.4) is 0 Å². The van der Waals surface area contributed by atoms with Crippen LogP contribution in [0, 0.1) is 0 Å². The molecule has 1 aliphatic heterocycles. The largest absolute Gasteiger partial charge is 0.381 e. The first kappa shape index (κ1) is 7.06. The van der Waals surface area contributed by atoms with Crippen molar-refractivity contribution in [1.29, 1.82) is 0 Å². The van der Waals surface area contributed by atoms with E-state index in [1.807, 2.05) is 5.38 Å². The van der Waals surface area contributed by atoms with Gasteiger partial charge in [-0.25, -0.2) is 4.98 Å². The monoisotopic (exact) mass is 170 g/mol. The van der Waals surface area contributed by atoms with Crippen LogP contribution >= 0.6 is 11.3 Å². The third kappa shape index (κ3) is 1.36. The number of aromatic nitrogens is 1. The minimum absolute atomic E-state index is 0.489. The molecule has 1 aromatic rings. The van der Waals surface area contributed by atoms with Gasteiger partial charge in [0.1, 0.15) is 0 Å². The molecule has 0 saturated carbocycles. The molecule has 0 spiro atoms. The predicted molar refractivity (Wildman–Crippen MR) is 44.7 cm³/mol. The lowest BCUT2D eigenvalue weighted by Crippen LogP contribution is -1.97. The molecule has 1 fully saturated rings. The van der Waals surface area contributed by atoms with Crippen LogP contribution in [0.5, 0.6) is 0 Å². The maximum absolute atomic E-state index is 5.51. The highest BCUT2D eigenvalue weighted by Crippen LogP contribution is 2.26. The summed E-state index contributed by atoms with van der Waals surface area (Å²) in [6.07, 6.45) is 1.09. The highest BCUT2D eigenvalue weighted by molar-refractivity contribution is 7.13. The average molecular weight is 170 g/mol. The van der Waals surface area contributed by atoms with Crippen molar-refractivity contribution < 1.29 is 4.74 Å². The molecule has 1 unspecified atom stereocenters. The number of nitrogens with two attached hydrogens (primary N) is 1. The van der Waals surface area contributed by atoms with Crippen molar-refractivity contribution in [2.75, 3.05) is 18.9 Å². The summed E-state index contributed by atoms with van der Waals surface area (Å²) >= 11 is 1.50. The Labute approximate surface area is 69.2 Å². The zero-order chi connectivity index (χ0) is 7.68. The van der Waals surface area contributed by atoms with Gasteiger partial charge in [-0.3, -0.25) is 0 Å². The molecule has 0 aromatic carbocycles. The minimum atomic E-state index is 0.489. The van der Waals surface area contributed by atoms with Crippen LogP contribution in [-0.2, 0) is 4.74 Å². The van der Waals surface area contributed by atoms with Crippen LogP contribution in [0.4, 0.5) is 5.13 Å². The first-order valence-corrected chi connectivity index (χ1v) is 4.53. The van der Waals surface area contributed by atoms with Crippen molar-refractivity contribution in [1.82, 2.24) is 4.98 Å². The molecule has 2 rings (SSSR count). The number of ether oxygens (including phenoxy) is 1. The maximum Gasteiger partial charge on any atom is 0.180 e. The van der Waals surface area contributed by atoms with Crippen LogP contribution in [0.15, 0.2) is 5.38 Å². The third-order valence-electron chi connectivity index (χ3n) is 1.89. The number of rotatable bonds is 1. The van der Waals surface area contributed by atoms with E-state index in [1.165, 1.54) is 11.3 Å². The molecular formula is C7H10N2OS. The lowest BCUT2D eigenvalue weighted by atomic mass is 10.1. The van der Waals surface area contributed by atoms with Gasteiger partial charge in [0, 0.05) is 17.9 Å². The summed E-state index contributed by atoms with van der Waals surface area (Å²) in [7, 11) is 0. The zero-order valence-electron chi connectivity index (χ0n) is 6.12. The second kappa shape index (κ2) is 2.79. The van der Waals surface area contributed by atoms with Crippen molar-refractivity contribution >= 4 is 16.5 Å². The standard InChI is InChI=1S/C7H10N2OS/c8-7-9-6(4-11-7)5-1-2-10-3-5/h4-5H,1-3H2,(H2,8,9). The number of hydrogen-bond donors (Lipinski definition) is 1. The van der Waals surface area contributed by atoms with Gasteiger partial charge in [0.25, 0.3) is 0 Å². The van der Waals surface area contributed by atoms with E-state index in [4.69, 9.17) is 10.5 Å². The van der Waals surface area contributed by atoms with Gasteiger partial charge < -0.3 is 10.5 Å². The lowest BCUT2D eigenvalue weighted by Gasteiger charge is -2.00. The van der Waals surface area contributed by atoms with Gasteiger partial charge in [0.15, 0.2) is 5.13 Å². The number of nitrogens with zero attached hydrogens (tertiary/aromatic N) is 1. The molecule has 11 heavy (non-hydrogen) atoms. The van der Waals surface area contributed by atoms with Crippen molar-refractivity contribution in [3.05, 3.63) is 11.1 Å². The number of thiazole rings is 1. The quantitative estimate of drug-likeness (QED) is 0.689. The van der Waals surface area contributed by atoms with Crippen molar-refractivity contribution in [3.8, 4) is 0 Å². The fraction of sp³-hybridized carbons (Fsp3) is 0.571. The molecule has 1 saturated heterocycles. The second-order valence-corrected chi connectivity index (χ2v) is 3.56. The molecule has 2 heterocycles. The molecule has 1 aliphatic rings. The molecule has 1 aromatic heterocycles. The highest BCUT2D eigenvalue weighted by atomic mass is 32.1. The van der Waals surface area contributed by atoms with Crippen LogP contribution in [-0.4, -0.2) is 18.2 Å². The lowest BCUT2D eigenvalue weighted by molar-refractivity contribution is 0.193. The SMILES string of the molecule is Nc1nc(C2CCOC2)cs1. The van der Waals surface area contributed by atoms with Gasteiger partial charge in [-0.1, -0.05) is 0 Å². The predicted octanol–water partition coefficient (Wildman–Crippen LogP) is 1.23. The Balaban J connectivity index is 2.15. The Morgan fingerprint density at radius 3 is 3.18 bits per heavy atom.